The van der Waals surface area contributed by atoms with Crippen molar-refractivity contribution < 1.29 is 9.53 Å². The summed E-state index contributed by atoms with van der Waals surface area (Å²) in [5, 5.41) is 6.88. The molecule has 1 aliphatic rings. The monoisotopic (exact) mass is 394 g/mol. The van der Waals surface area contributed by atoms with E-state index in [4.69, 9.17) is 4.74 Å². The van der Waals surface area contributed by atoms with Crippen LogP contribution in [0.4, 0.5) is 0 Å². The van der Waals surface area contributed by atoms with Crippen LogP contribution in [0.5, 0.6) is 5.75 Å². The van der Waals surface area contributed by atoms with Crippen molar-refractivity contribution in [2.75, 3.05) is 33.8 Å². The highest BCUT2D eigenvalue weighted by molar-refractivity contribution is 5.85. The number of amides is 1. The highest BCUT2D eigenvalue weighted by Crippen LogP contribution is 2.31. The van der Waals surface area contributed by atoms with Crippen LogP contribution in [0.25, 0.3) is 0 Å². The van der Waals surface area contributed by atoms with E-state index in [9.17, 15) is 4.79 Å². The lowest BCUT2D eigenvalue weighted by Gasteiger charge is -2.28. The highest BCUT2D eigenvalue weighted by atomic mass is 16.5. The third kappa shape index (κ3) is 6.24. The average Bonchev–Trinajstić information content (AvgIpc) is 2.75. The van der Waals surface area contributed by atoms with Gasteiger partial charge >= 0.3 is 0 Å². The molecule has 6 heteroatoms. The molecule has 2 N–H and O–H groups in total. The van der Waals surface area contributed by atoms with Gasteiger partial charge < -0.3 is 20.3 Å². The maximum Gasteiger partial charge on any atom is 0.243 e. The Morgan fingerprint density at radius 1 is 1.14 bits per heavy atom. The first-order valence-electron chi connectivity index (χ1n) is 10.1. The Bertz CT molecular complexity index is 821. The lowest BCUT2D eigenvalue weighted by atomic mass is 10.0. The summed E-state index contributed by atoms with van der Waals surface area (Å²) in [5.74, 6) is 1.54. The van der Waals surface area contributed by atoms with Crippen LogP contribution in [0.1, 0.15) is 30.0 Å². The SMILES string of the molecule is CN(C)C(=O)CN=C(NCCCc1ccccc1)NC1CCOc2ccccc21. The van der Waals surface area contributed by atoms with Gasteiger partial charge in [-0.15, -0.1) is 0 Å². The molecule has 1 atom stereocenters. The van der Waals surface area contributed by atoms with E-state index in [1.807, 2.05) is 24.3 Å². The molecular weight excluding hydrogens is 364 g/mol. The molecule has 29 heavy (non-hydrogen) atoms. The Labute approximate surface area is 173 Å². The summed E-state index contributed by atoms with van der Waals surface area (Å²) < 4.78 is 5.75. The van der Waals surface area contributed by atoms with Crippen molar-refractivity contribution >= 4 is 11.9 Å². The van der Waals surface area contributed by atoms with Gasteiger partial charge in [0, 0.05) is 32.6 Å². The van der Waals surface area contributed by atoms with Gasteiger partial charge in [-0.05, 0) is 24.5 Å². The summed E-state index contributed by atoms with van der Waals surface area (Å²) in [6.07, 6.45) is 2.83. The summed E-state index contributed by atoms with van der Waals surface area (Å²) in [6.45, 7) is 1.56. The number of guanidine groups is 1. The molecule has 3 rings (SSSR count). The first kappa shape index (κ1) is 20.7. The fourth-order valence-electron chi connectivity index (χ4n) is 3.24. The van der Waals surface area contributed by atoms with Crippen LogP contribution in [-0.4, -0.2) is 50.6 Å². The molecule has 1 aliphatic heterocycles. The summed E-state index contributed by atoms with van der Waals surface area (Å²) in [5.41, 5.74) is 2.44. The predicted octanol–water partition coefficient (Wildman–Crippen LogP) is 2.77. The van der Waals surface area contributed by atoms with E-state index >= 15 is 0 Å². The molecule has 0 aromatic heterocycles. The quantitative estimate of drug-likeness (QED) is 0.431. The fraction of sp³-hybridized carbons (Fsp3) is 0.391. The van der Waals surface area contributed by atoms with Crippen LogP contribution in [0.2, 0.25) is 0 Å². The van der Waals surface area contributed by atoms with Crippen molar-refractivity contribution in [2.45, 2.75) is 25.3 Å². The number of hydrogen-bond acceptors (Lipinski definition) is 3. The van der Waals surface area contributed by atoms with E-state index in [1.165, 1.54) is 5.56 Å². The van der Waals surface area contributed by atoms with Crippen LogP contribution < -0.4 is 15.4 Å². The first-order chi connectivity index (χ1) is 14.1. The minimum atomic E-state index is -0.0252. The number of ether oxygens (including phenoxy) is 1. The van der Waals surface area contributed by atoms with Crippen molar-refractivity contribution in [1.82, 2.24) is 15.5 Å². The maximum absolute atomic E-state index is 12.0. The second kappa shape index (κ2) is 10.5. The molecule has 0 saturated heterocycles. The van der Waals surface area contributed by atoms with Gasteiger partial charge in [0.05, 0.1) is 12.6 Å². The molecule has 0 bridgehead atoms. The van der Waals surface area contributed by atoms with E-state index in [0.717, 1.165) is 37.1 Å². The minimum absolute atomic E-state index is 0.0252. The van der Waals surface area contributed by atoms with E-state index in [1.54, 1.807) is 19.0 Å². The number of aryl methyl sites for hydroxylation is 1. The Balaban J connectivity index is 1.62. The van der Waals surface area contributed by atoms with Crippen LogP contribution in [0.15, 0.2) is 59.6 Å². The van der Waals surface area contributed by atoms with Gasteiger partial charge in [0.25, 0.3) is 0 Å². The summed E-state index contributed by atoms with van der Waals surface area (Å²) in [4.78, 5) is 18.1. The van der Waals surface area contributed by atoms with Gasteiger partial charge in [-0.25, -0.2) is 4.99 Å². The third-order valence-electron chi connectivity index (χ3n) is 4.92. The molecule has 1 heterocycles. The zero-order valence-corrected chi connectivity index (χ0v) is 17.2. The molecule has 6 nitrogen and oxygen atoms in total. The number of para-hydroxylation sites is 1. The zero-order chi connectivity index (χ0) is 20.5. The molecule has 2 aromatic rings. The van der Waals surface area contributed by atoms with Gasteiger partial charge in [0.15, 0.2) is 5.96 Å². The second-order valence-corrected chi connectivity index (χ2v) is 7.34. The number of carbonyl (C=O) groups excluding carboxylic acids is 1. The van der Waals surface area contributed by atoms with Crippen molar-refractivity contribution in [2.24, 2.45) is 4.99 Å². The van der Waals surface area contributed by atoms with Gasteiger partial charge in [-0.2, -0.15) is 0 Å². The zero-order valence-electron chi connectivity index (χ0n) is 17.2. The number of hydrogen-bond donors (Lipinski definition) is 2. The molecule has 1 amide bonds. The number of nitrogens with one attached hydrogen (secondary N) is 2. The largest absolute Gasteiger partial charge is 0.493 e. The van der Waals surface area contributed by atoms with Crippen LogP contribution in [0.3, 0.4) is 0 Å². The second-order valence-electron chi connectivity index (χ2n) is 7.34. The number of aliphatic imine (C=N–C) groups is 1. The number of nitrogens with zero attached hydrogens (tertiary/aromatic N) is 2. The predicted molar refractivity (Wildman–Crippen MR) is 116 cm³/mol. The normalized spacial score (nSPS) is 15.8. The molecule has 0 radical (unpaired) electrons. The molecule has 0 saturated carbocycles. The number of rotatable bonds is 7. The van der Waals surface area contributed by atoms with E-state index in [0.29, 0.717) is 12.6 Å². The molecule has 1 unspecified atom stereocenters. The van der Waals surface area contributed by atoms with Crippen molar-refractivity contribution in [3.63, 3.8) is 0 Å². The Morgan fingerprint density at radius 3 is 2.69 bits per heavy atom. The molecular formula is C23H30N4O2. The molecule has 154 valence electrons. The lowest BCUT2D eigenvalue weighted by Crippen LogP contribution is -2.42. The third-order valence-corrected chi connectivity index (χ3v) is 4.92. The summed E-state index contributed by atoms with van der Waals surface area (Å²) >= 11 is 0. The lowest BCUT2D eigenvalue weighted by molar-refractivity contribution is -0.127. The first-order valence-corrected chi connectivity index (χ1v) is 10.1. The Kier molecular flexibility index (Phi) is 7.50. The standard InChI is InChI=1S/C23H30N4O2/c1-27(2)22(28)17-25-23(24-15-8-11-18-9-4-3-5-10-18)26-20-14-16-29-21-13-7-6-12-19(20)21/h3-7,9-10,12-13,20H,8,11,14-17H2,1-2H3,(H2,24,25,26). The van der Waals surface area contributed by atoms with Gasteiger partial charge in [-0.3, -0.25) is 4.79 Å². The topological polar surface area (TPSA) is 66.0 Å². The summed E-state index contributed by atoms with van der Waals surface area (Å²) in [6, 6.07) is 18.6. The van der Waals surface area contributed by atoms with Crippen LogP contribution in [0, 0.1) is 0 Å². The van der Waals surface area contributed by atoms with Crippen LogP contribution >= 0.6 is 0 Å². The molecule has 0 fully saturated rings. The van der Waals surface area contributed by atoms with Gasteiger partial charge in [-0.1, -0.05) is 48.5 Å². The number of likely N-dealkylation sites (N-methyl/N-ethyl adjacent to an activating group) is 1. The van der Waals surface area contributed by atoms with Crippen molar-refractivity contribution in [3.8, 4) is 5.75 Å². The smallest absolute Gasteiger partial charge is 0.243 e. The summed E-state index contributed by atoms with van der Waals surface area (Å²) in [7, 11) is 3.49. The van der Waals surface area contributed by atoms with Gasteiger partial charge in [0.2, 0.25) is 5.91 Å². The molecule has 0 spiro atoms. The van der Waals surface area contributed by atoms with Crippen molar-refractivity contribution in [3.05, 3.63) is 65.7 Å². The van der Waals surface area contributed by atoms with E-state index in [-0.39, 0.29) is 18.5 Å². The number of benzene rings is 2. The molecule has 0 aliphatic carbocycles. The molecule has 2 aromatic carbocycles. The fourth-order valence-corrected chi connectivity index (χ4v) is 3.24. The maximum atomic E-state index is 12.0. The van der Waals surface area contributed by atoms with Crippen LogP contribution in [-0.2, 0) is 11.2 Å². The highest BCUT2D eigenvalue weighted by Gasteiger charge is 2.22. The number of carbonyl (C=O) groups is 1. The van der Waals surface area contributed by atoms with Crippen molar-refractivity contribution in [1.29, 1.82) is 0 Å². The minimum Gasteiger partial charge on any atom is -0.493 e. The van der Waals surface area contributed by atoms with E-state index < -0.39 is 0 Å². The Hall–Kier alpha value is -3.02. The average molecular weight is 395 g/mol. The Morgan fingerprint density at radius 2 is 1.90 bits per heavy atom. The number of fused-ring (bicyclic) bond motifs is 1. The van der Waals surface area contributed by atoms with E-state index in [2.05, 4.69) is 46.0 Å². The van der Waals surface area contributed by atoms with Gasteiger partial charge in [0.1, 0.15) is 12.3 Å².